The van der Waals surface area contributed by atoms with Crippen molar-refractivity contribution in [1.29, 1.82) is 0 Å². The fourth-order valence-electron chi connectivity index (χ4n) is 0.349. The van der Waals surface area contributed by atoms with Crippen LogP contribution in [0, 0.1) is 0 Å². The molecule has 4 heteroatoms. The normalized spacial score (nSPS) is 9.40. The summed E-state index contributed by atoms with van der Waals surface area (Å²) in [6, 6.07) is 0. The van der Waals surface area contributed by atoms with Gasteiger partial charge in [-0.3, -0.25) is 0 Å². The highest BCUT2D eigenvalue weighted by Crippen LogP contribution is 2.05. The van der Waals surface area contributed by atoms with Crippen LogP contribution < -0.4 is 0 Å². The summed E-state index contributed by atoms with van der Waals surface area (Å²) < 4.78 is 4.69. The molecule has 10 heavy (non-hydrogen) atoms. The van der Waals surface area contributed by atoms with Gasteiger partial charge in [0.1, 0.15) is 6.61 Å². The molecule has 0 radical (unpaired) electrons. The summed E-state index contributed by atoms with van der Waals surface area (Å²) in [5.74, 6) is 1.19. The maximum Gasteiger partial charge on any atom is 0.367 e. The third-order valence-electron chi connectivity index (χ3n) is 0.721. The number of thioether (sulfide) groups is 1. The lowest BCUT2D eigenvalue weighted by Crippen LogP contribution is -2.00. The van der Waals surface area contributed by atoms with Gasteiger partial charge in [0.25, 0.3) is 0 Å². The molecule has 0 saturated heterocycles. The first-order chi connectivity index (χ1) is 4.81. The number of ether oxygens (including phenoxy) is 1. The van der Waals surface area contributed by atoms with E-state index in [1.54, 1.807) is 0 Å². The SMILES string of the molecule is CCCSC(=O)OCCCl. The molecule has 0 aromatic rings. The molecule has 0 aliphatic rings. The van der Waals surface area contributed by atoms with Gasteiger partial charge in [-0.05, 0) is 18.2 Å². The Bertz CT molecular complexity index is 87.7. The van der Waals surface area contributed by atoms with Gasteiger partial charge in [-0.25, -0.2) is 4.79 Å². The van der Waals surface area contributed by atoms with Crippen LogP contribution in [0.15, 0.2) is 0 Å². The van der Waals surface area contributed by atoms with Crippen molar-refractivity contribution in [1.82, 2.24) is 0 Å². The van der Waals surface area contributed by atoms with Gasteiger partial charge in [0.2, 0.25) is 0 Å². The minimum absolute atomic E-state index is 0.220. The minimum Gasteiger partial charge on any atom is -0.456 e. The molecule has 0 spiro atoms. The van der Waals surface area contributed by atoms with Gasteiger partial charge in [-0.1, -0.05) is 6.92 Å². The largest absolute Gasteiger partial charge is 0.456 e. The maximum absolute atomic E-state index is 10.6. The average Bonchev–Trinajstić information content (AvgIpc) is 1.97. The van der Waals surface area contributed by atoms with Crippen LogP contribution in [0.3, 0.4) is 0 Å². The predicted octanol–water partition coefficient (Wildman–Crippen LogP) is 2.51. The molecular formula is C6H11ClO2S. The van der Waals surface area contributed by atoms with Gasteiger partial charge in [0.15, 0.2) is 0 Å². The van der Waals surface area contributed by atoms with E-state index in [0.29, 0.717) is 12.5 Å². The van der Waals surface area contributed by atoms with Gasteiger partial charge in [-0.2, -0.15) is 0 Å². The Labute approximate surface area is 70.3 Å². The summed E-state index contributed by atoms with van der Waals surface area (Å²) in [5.41, 5.74) is 0. The number of carbonyl (C=O) groups excluding carboxylic acids is 1. The summed E-state index contributed by atoms with van der Waals surface area (Å²) in [6.07, 6.45) is 0.987. The van der Waals surface area contributed by atoms with E-state index in [1.165, 1.54) is 11.8 Å². The molecule has 0 aliphatic heterocycles. The summed E-state index contributed by atoms with van der Waals surface area (Å²) in [7, 11) is 0. The zero-order valence-electron chi connectivity index (χ0n) is 5.93. The van der Waals surface area contributed by atoms with Crippen molar-refractivity contribution in [3.05, 3.63) is 0 Å². The third kappa shape index (κ3) is 6.23. The summed E-state index contributed by atoms with van der Waals surface area (Å²) in [4.78, 5) is 10.6. The van der Waals surface area contributed by atoms with Crippen molar-refractivity contribution in [3.8, 4) is 0 Å². The van der Waals surface area contributed by atoms with E-state index in [0.717, 1.165) is 12.2 Å². The summed E-state index contributed by atoms with van der Waals surface area (Å²) >= 11 is 6.49. The van der Waals surface area contributed by atoms with Crippen LogP contribution in [0.1, 0.15) is 13.3 Å². The van der Waals surface area contributed by atoms with Crippen LogP contribution in [-0.2, 0) is 4.74 Å². The molecule has 0 unspecified atom stereocenters. The molecule has 2 nitrogen and oxygen atoms in total. The van der Waals surface area contributed by atoms with Gasteiger partial charge in [0.05, 0.1) is 5.88 Å². The van der Waals surface area contributed by atoms with Crippen LogP contribution in [0.2, 0.25) is 0 Å². The van der Waals surface area contributed by atoms with Crippen molar-refractivity contribution in [2.75, 3.05) is 18.2 Å². The highest BCUT2D eigenvalue weighted by atomic mass is 35.5. The smallest absolute Gasteiger partial charge is 0.367 e. The Balaban J connectivity index is 3.09. The van der Waals surface area contributed by atoms with Crippen molar-refractivity contribution in [2.24, 2.45) is 0 Å². The molecule has 0 fully saturated rings. The van der Waals surface area contributed by atoms with Crippen LogP contribution in [0.5, 0.6) is 0 Å². The topological polar surface area (TPSA) is 26.3 Å². The first-order valence-corrected chi connectivity index (χ1v) is 4.68. The zero-order chi connectivity index (χ0) is 7.82. The van der Waals surface area contributed by atoms with Crippen LogP contribution in [-0.4, -0.2) is 23.5 Å². The van der Waals surface area contributed by atoms with E-state index >= 15 is 0 Å². The van der Waals surface area contributed by atoms with Crippen LogP contribution in [0.4, 0.5) is 4.79 Å². The Morgan fingerprint density at radius 2 is 2.40 bits per heavy atom. The molecular weight excluding hydrogens is 172 g/mol. The number of carbonyl (C=O) groups is 1. The van der Waals surface area contributed by atoms with Crippen molar-refractivity contribution in [2.45, 2.75) is 13.3 Å². The molecule has 0 heterocycles. The summed E-state index contributed by atoms with van der Waals surface area (Å²) in [5, 5.41) is -0.220. The van der Waals surface area contributed by atoms with E-state index in [9.17, 15) is 4.79 Å². The molecule has 0 rings (SSSR count). The molecule has 0 bridgehead atoms. The standard InChI is InChI=1S/C6H11ClO2S/c1-2-5-10-6(8)9-4-3-7/h2-5H2,1H3. The zero-order valence-corrected chi connectivity index (χ0v) is 7.50. The molecule has 0 aliphatic carbocycles. The van der Waals surface area contributed by atoms with E-state index in [-0.39, 0.29) is 5.30 Å². The van der Waals surface area contributed by atoms with Gasteiger partial charge in [-0.15, -0.1) is 11.6 Å². The fraction of sp³-hybridized carbons (Fsp3) is 0.833. The second-order valence-electron chi connectivity index (χ2n) is 1.64. The number of alkyl halides is 1. The van der Waals surface area contributed by atoms with Gasteiger partial charge in [0, 0.05) is 5.75 Å². The van der Waals surface area contributed by atoms with E-state index in [4.69, 9.17) is 11.6 Å². The molecule has 0 N–H and O–H groups in total. The number of rotatable bonds is 4. The number of hydrogen-bond acceptors (Lipinski definition) is 3. The first kappa shape index (κ1) is 10.1. The molecule has 0 aromatic heterocycles. The van der Waals surface area contributed by atoms with Gasteiger partial charge < -0.3 is 4.74 Å². The highest BCUT2D eigenvalue weighted by Gasteiger charge is 1.99. The van der Waals surface area contributed by atoms with Gasteiger partial charge >= 0.3 is 5.30 Å². The molecule has 0 amide bonds. The molecule has 0 atom stereocenters. The lowest BCUT2D eigenvalue weighted by atomic mass is 10.6. The average molecular weight is 183 g/mol. The molecule has 0 saturated carbocycles. The molecule has 60 valence electrons. The third-order valence-corrected chi connectivity index (χ3v) is 1.84. The lowest BCUT2D eigenvalue weighted by Gasteiger charge is -1.98. The maximum atomic E-state index is 10.6. The minimum atomic E-state index is -0.220. The van der Waals surface area contributed by atoms with Crippen LogP contribution >= 0.6 is 23.4 Å². The predicted molar refractivity (Wildman–Crippen MR) is 44.8 cm³/mol. The Kier molecular flexibility index (Phi) is 7.30. The van der Waals surface area contributed by atoms with E-state index < -0.39 is 0 Å². The summed E-state index contributed by atoms with van der Waals surface area (Å²) in [6.45, 7) is 2.33. The highest BCUT2D eigenvalue weighted by molar-refractivity contribution is 8.13. The second-order valence-corrected chi connectivity index (χ2v) is 3.04. The first-order valence-electron chi connectivity index (χ1n) is 3.16. The van der Waals surface area contributed by atoms with Crippen molar-refractivity contribution >= 4 is 28.7 Å². The fourth-order valence-corrected chi connectivity index (χ4v) is 0.964. The Morgan fingerprint density at radius 1 is 1.70 bits per heavy atom. The Hall–Kier alpha value is 0.110. The Morgan fingerprint density at radius 3 is 2.90 bits per heavy atom. The monoisotopic (exact) mass is 182 g/mol. The van der Waals surface area contributed by atoms with Crippen molar-refractivity contribution < 1.29 is 9.53 Å². The number of hydrogen-bond donors (Lipinski definition) is 0. The van der Waals surface area contributed by atoms with Crippen molar-refractivity contribution in [3.63, 3.8) is 0 Å². The quantitative estimate of drug-likeness (QED) is 0.494. The molecule has 0 aromatic carbocycles. The van der Waals surface area contributed by atoms with E-state index in [2.05, 4.69) is 4.74 Å². The lowest BCUT2D eigenvalue weighted by molar-refractivity contribution is 0.182. The van der Waals surface area contributed by atoms with Crippen LogP contribution in [0.25, 0.3) is 0 Å². The second kappa shape index (κ2) is 7.22. The number of halogens is 1. The van der Waals surface area contributed by atoms with E-state index in [1.807, 2.05) is 6.92 Å².